The van der Waals surface area contributed by atoms with Crippen LogP contribution in [-0.2, 0) is 0 Å². The first-order valence-corrected chi connectivity index (χ1v) is 7.18. The molecule has 0 bridgehead atoms. The third-order valence-corrected chi connectivity index (χ3v) is 3.90. The molecule has 1 aliphatic heterocycles. The molecule has 1 aromatic carbocycles. The SMILES string of the molecule is N#Cc1ccc(-c2nc(N3CCCC(CN)C3)n[nH]2)cc1. The van der Waals surface area contributed by atoms with Gasteiger partial charge in [-0.15, -0.1) is 5.10 Å². The maximum absolute atomic E-state index is 8.82. The Morgan fingerprint density at radius 3 is 2.90 bits per heavy atom. The summed E-state index contributed by atoms with van der Waals surface area (Å²) in [6, 6.07) is 9.42. The van der Waals surface area contributed by atoms with Gasteiger partial charge in [0.05, 0.1) is 11.6 Å². The number of rotatable bonds is 3. The van der Waals surface area contributed by atoms with Crippen LogP contribution in [0, 0.1) is 17.2 Å². The first-order valence-electron chi connectivity index (χ1n) is 7.18. The van der Waals surface area contributed by atoms with Gasteiger partial charge in [0.1, 0.15) is 0 Å². The maximum atomic E-state index is 8.82. The van der Waals surface area contributed by atoms with E-state index in [0.717, 1.165) is 36.8 Å². The lowest BCUT2D eigenvalue weighted by Crippen LogP contribution is -2.38. The van der Waals surface area contributed by atoms with E-state index in [-0.39, 0.29) is 0 Å². The van der Waals surface area contributed by atoms with Crippen molar-refractivity contribution in [2.75, 3.05) is 24.5 Å². The molecule has 6 heteroatoms. The molecule has 108 valence electrons. The van der Waals surface area contributed by atoms with Gasteiger partial charge in [-0.3, -0.25) is 5.10 Å². The summed E-state index contributed by atoms with van der Waals surface area (Å²) in [6.45, 7) is 2.60. The van der Waals surface area contributed by atoms with Gasteiger partial charge in [0.15, 0.2) is 5.82 Å². The minimum Gasteiger partial charge on any atom is -0.339 e. The first kappa shape index (κ1) is 13.6. The molecule has 0 saturated carbocycles. The van der Waals surface area contributed by atoms with Crippen LogP contribution in [0.3, 0.4) is 0 Å². The Balaban J connectivity index is 1.77. The van der Waals surface area contributed by atoms with E-state index in [9.17, 15) is 0 Å². The number of benzene rings is 1. The van der Waals surface area contributed by atoms with Crippen molar-refractivity contribution in [2.45, 2.75) is 12.8 Å². The first-order chi connectivity index (χ1) is 10.3. The van der Waals surface area contributed by atoms with Gasteiger partial charge in [-0.25, -0.2) is 0 Å². The Hall–Kier alpha value is -2.39. The average Bonchev–Trinajstić information content (AvgIpc) is 3.05. The van der Waals surface area contributed by atoms with Crippen molar-refractivity contribution < 1.29 is 0 Å². The Kier molecular flexibility index (Phi) is 3.84. The van der Waals surface area contributed by atoms with Crippen LogP contribution in [0.4, 0.5) is 5.95 Å². The fourth-order valence-electron chi connectivity index (χ4n) is 2.67. The van der Waals surface area contributed by atoms with Crippen molar-refractivity contribution in [2.24, 2.45) is 11.7 Å². The summed E-state index contributed by atoms with van der Waals surface area (Å²) in [5.74, 6) is 1.98. The highest BCUT2D eigenvalue weighted by atomic mass is 15.4. The Bertz CT molecular complexity index is 639. The van der Waals surface area contributed by atoms with Gasteiger partial charge < -0.3 is 10.6 Å². The highest BCUT2D eigenvalue weighted by Gasteiger charge is 2.21. The second kappa shape index (κ2) is 5.94. The van der Waals surface area contributed by atoms with Crippen molar-refractivity contribution >= 4 is 5.95 Å². The number of nitrogens with two attached hydrogens (primary N) is 1. The molecule has 0 aliphatic carbocycles. The quantitative estimate of drug-likeness (QED) is 0.890. The molecule has 3 rings (SSSR count). The molecule has 21 heavy (non-hydrogen) atoms. The Labute approximate surface area is 123 Å². The fraction of sp³-hybridized carbons (Fsp3) is 0.400. The number of aromatic nitrogens is 3. The van der Waals surface area contributed by atoms with Crippen molar-refractivity contribution in [3.63, 3.8) is 0 Å². The van der Waals surface area contributed by atoms with Crippen LogP contribution in [0.2, 0.25) is 0 Å². The number of piperidine rings is 1. The third kappa shape index (κ3) is 2.88. The van der Waals surface area contributed by atoms with Crippen molar-refractivity contribution in [1.82, 2.24) is 15.2 Å². The van der Waals surface area contributed by atoms with E-state index in [4.69, 9.17) is 11.0 Å². The molecule has 0 spiro atoms. The average molecular weight is 282 g/mol. The van der Waals surface area contributed by atoms with Gasteiger partial charge in [0.2, 0.25) is 5.95 Å². The lowest BCUT2D eigenvalue weighted by Gasteiger charge is -2.31. The van der Waals surface area contributed by atoms with Gasteiger partial charge in [0.25, 0.3) is 0 Å². The van der Waals surface area contributed by atoms with Crippen LogP contribution in [0.5, 0.6) is 0 Å². The standard InChI is InChI=1S/C15H18N6/c16-8-11-3-5-13(6-4-11)14-18-15(20-19-14)21-7-1-2-12(9-17)10-21/h3-6,12H,1-2,7,9-10,17H2,(H,18,19,20). The third-order valence-electron chi connectivity index (χ3n) is 3.90. The minimum absolute atomic E-state index is 0.524. The zero-order chi connectivity index (χ0) is 14.7. The number of H-pyrrole nitrogens is 1. The Morgan fingerprint density at radius 1 is 1.38 bits per heavy atom. The van der Waals surface area contributed by atoms with Crippen LogP contribution in [0.1, 0.15) is 18.4 Å². The van der Waals surface area contributed by atoms with Crippen molar-refractivity contribution in [3.8, 4) is 17.5 Å². The smallest absolute Gasteiger partial charge is 0.245 e. The summed E-state index contributed by atoms with van der Waals surface area (Å²) < 4.78 is 0. The number of nitrogens with one attached hydrogen (secondary N) is 1. The molecule has 1 atom stereocenters. The molecule has 0 amide bonds. The van der Waals surface area contributed by atoms with Crippen LogP contribution < -0.4 is 10.6 Å². The highest BCUT2D eigenvalue weighted by molar-refractivity contribution is 5.57. The summed E-state index contributed by atoms with van der Waals surface area (Å²) in [5.41, 5.74) is 7.34. The zero-order valence-electron chi connectivity index (χ0n) is 11.8. The summed E-state index contributed by atoms with van der Waals surface area (Å²) in [5, 5.41) is 16.1. The molecule has 1 aliphatic rings. The van der Waals surface area contributed by atoms with E-state index >= 15 is 0 Å². The van der Waals surface area contributed by atoms with Crippen molar-refractivity contribution in [3.05, 3.63) is 29.8 Å². The van der Waals surface area contributed by atoms with E-state index in [1.54, 1.807) is 12.1 Å². The zero-order valence-corrected chi connectivity index (χ0v) is 11.8. The molecule has 2 heterocycles. The summed E-state index contributed by atoms with van der Waals surface area (Å²) >= 11 is 0. The molecular formula is C15H18N6. The Morgan fingerprint density at radius 2 is 2.19 bits per heavy atom. The van der Waals surface area contributed by atoms with E-state index in [2.05, 4.69) is 26.2 Å². The normalized spacial score (nSPS) is 18.5. The number of nitriles is 1. The molecule has 2 aromatic rings. The summed E-state index contributed by atoms with van der Waals surface area (Å²) in [6.07, 6.45) is 2.31. The van der Waals surface area contributed by atoms with Crippen molar-refractivity contribution in [1.29, 1.82) is 5.26 Å². The summed E-state index contributed by atoms with van der Waals surface area (Å²) in [7, 11) is 0. The van der Waals surface area contributed by atoms with Gasteiger partial charge >= 0.3 is 0 Å². The molecule has 0 radical (unpaired) electrons. The summed E-state index contributed by atoms with van der Waals surface area (Å²) in [4.78, 5) is 6.75. The number of anilines is 1. The van der Waals surface area contributed by atoms with Gasteiger partial charge in [-0.05, 0) is 49.6 Å². The predicted octanol–water partition coefficient (Wildman–Crippen LogP) is 1.52. The van der Waals surface area contributed by atoms with Gasteiger partial charge in [-0.1, -0.05) is 0 Å². The number of hydrogen-bond acceptors (Lipinski definition) is 5. The number of hydrogen-bond donors (Lipinski definition) is 2. The van der Waals surface area contributed by atoms with Crippen LogP contribution >= 0.6 is 0 Å². The number of nitrogens with zero attached hydrogens (tertiary/aromatic N) is 4. The molecule has 3 N–H and O–H groups in total. The molecule has 1 fully saturated rings. The minimum atomic E-state index is 0.524. The van der Waals surface area contributed by atoms with E-state index < -0.39 is 0 Å². The topological polar surface area (TPSA) is 94.6 Å². The highest BCUT2D eigenvalue weighted by Crippen LogP contribution is 2.22. The molecule has 1 unspecified atom stereocenters. The second-order valence-electron chi connectivity index (χ2n) is 5.36. The lowest BCUT2D eigenvalue weighted by molar-refractivity contribution is 0.420. The monoisotopic (exact) mass is 282 g/mol. The van der Waals surface area contributed by atoms with Gasteiger partial charge in [0, 0.05) is 18.7 Å². The van der Waals surface area contributed by atoms with E-state index in [1.807, 2.05) is 12.1 Å². The van der Waals surface area contributed by atoms with Gasteiger partial charge in [-0.2, -0.15) is 10.2 Å². The fourth-order valence-corrected chi connectivity index (χ4v) is 2.67. The predicted molar refractivity (Wildman–Crippen MR) is 80.5 cm³/mol. The van der Waals surface area contributed by atoms with E-state index in [0.29, 0.717) is 18.0 Å². The van der Waals surface area contributed by atoms with Crippen LogP contribution in [0.15, 0.2) is 24.3 Å². The van der Waals surface area contributed by atoms with Crippen LogP contribution in [0.25, 0.3) is 11.4 Å². The molecule has 6 nitrogen and oxygen atoms in total. The van der Waals surface area contributed by atoms with Crippen LogP contribution in [-0.4, -0.2) is 34.8 Å². The second-order valence-corrected chi connectivity index (χ2v) is 5.36. The molecule has 1 aromatic heterocycles. The molecular weight excluding hydrogens is 264 g/mol. The number of aromatic amines is 1. The lowest BCUT2D eigenvalue weighted by atomic mass is 9.99. The maximum Gasteiger partial charge on any atom is 0.245 e. The largest absolute Gasteiger partial charge is 0.339 e. The van der Waals surface area contributed by atoms with E-state index in [1.165, 1.54) is 6.42 Å². The molecule has 1 saturated heterocycles.